The summed E-state index contributed by atoms with van der Waals surface area (Å²) in [7, 11) is 0. The molecule has 1 aliphatic carbocycles. The Bertz CT molecular complexity index is 1040. The first-order chi connectivity index (χ1) is 14.3. The summed E-state index contributed by atoms with van der Waals surface area (Å²) in [4.78, 5) is 42.3. The molecule has 0 saturated heterocycles. The molecule has 2 aromatic rings. The molecule has 2 aliphatic rings. The number of carbonyl (C=O) groups excluding carboxylic acids is 2. The fourth-order valence-electron chi connectivity index (χ4n) is 4.58. The molecule has 1 fully saturated rings. The van der Waals surface area contributed by atoms with Gasteiger partial charge in [0, 0.05) is 19.0 Å². The zero-order chi connectivity index (χ0) is 21.4. The number of fused-ring (bicyclic) bond motifs is 2. The number of hydrogen-bond acceptors (Lipinski definition) is 5. The third-order valence-electron chi connectivity index (χ3n) is 6.74. The Morgan fingerprint density at radius 2 is 2.03 bits per heavy atom. The molecule has 2 heterocycles. The molecule has 7 heteroatoms. The van der Waals surface area contributed by atoms with E-state index in [-0.39, 0.29) is 23.1 Å². The number of nitrogens with zero attached hydrogens (tertiary/aromatic N) is 2. The van der Waals surface area contributed by atoms with Crippen LogP contribution in [0, 0.1) is 11.8 Å². The van der Waals surface area contributed by atoms with Crippen molar-refractivity contribution in [2.75, 3.05) is 0 Å². The van der Waals surface area contributed by atoms with E-state index in [4.69, 9.17) is 4.74 Å². The minimum atomic E-state index is -0.892. The molecule has 30 heavy (non-hydrogen) atoms. The van der Waals surface area contributed by atoms with Crippen LogP contribution in [0.2, 0.25) is 0 Å². The van der Waals surface area contributed by atoms with E-state index in [1.165, 1.54) is 6.42 Å². The lowest BCUT2D eigenvalue weighted by Crippen LogP contribution is -2.47. The molecule has 4 atom stereocenters. The van der Waals surface area contributed by atoms with Crippen LogP contribution in [-0.4, -0.2) is 33.6 Å². The van der Waals surface area contributed by atoms with E-state index in [2.05, 4.69) is 24.1 Å². The van der Waals surface area contributed by atoms with Gasteiger partial charge in [-0.1, -0.05) is 26.7 Å². The van der Waals surface area contributed by atoms with Crippen LogP contribution in [0.5, 0.6) is 0 Å². The predicted octanol–water partition coefficient (Wildman–Crippen LogP) is 2.83. The first-order valence-corrected chi connectivity index (χ1v) is 10.9. The van der Waals surface area contributed by atoms with E-state index in [0.29, 0.717) is 29.3 Å². The predicted molar refractivity (Wildman–Crippen MR) is 113 cm³/mol. The van der Waals surface area contributed by atoms with Gasteiger partial charge in [-0.05, 0) is 49.8 Å². The molecule has 1 aliphatic heterocycles. The van der Waals surface area contributed by atoms with Gasteiger partial charge in [0.05, 0.1) is 16.5 Å². The first kappa shape index (κ1) is 20.6. The van der Waals surface area contributed by atoms with Gasteiger partial charge in [0.1, 0.15) is 5.82 Å². The molecule has 1 aromatic heterocycles. The molecule has 1 amide bonds. The first-order valence-electron chi connectivity index (χ1n) is 10.9. The summed E-state index contributed by atoms with van der Waals surface area (Å²) in [5.74, 6) is 0.855. The molecule has 1 saturated carbocycles. The largest absolute Gasteiger partial charge is 0.449 e. The molecule has 0 bridgehead atoms. The number of carbonyl (C=O) groups is 2. The van der Waals surface area contributed by atoms with Crippen LogP contribution < -0.4 is 10.9 Å². The molecular weight excluding hydrogens is 382 g/mol. The van der Waals surface area contributed by atoms with Crippen molar-refractivity contribution < 1.29 is 14.3 Å². The van der Waals surface area contributed by atoms with Crippen LogP contribution in [-0.2, 0) is 22.5 Å². The number of aromatic nitrogens is 2. The lowest BCUT2D eigenvalue weighted by atomic mass is 9.78. The maximum atomic E-state index is 12.6. The van der Waals surface area contributed by atoms with Crippen molar-refractivity contribution in [1.82, 2.24) is 14.9 Å². The maximum absolute atomic E-state index is 12.6. The second kappa shape index (κ2) is 8.20. The number of aryl methyl sites for hydroxylation is 1. The van der Waals surface area contributed by atoms with E-state index in [9.17, 15) is 14.4 Å². The van der Waals surface area contributed by atoms with Crippen molar-refractivity contribution in [3.8, 4) is 0 Å². The third kappa shape index (κ3) is 3.85. The van der Waals surface area contributed by atoms with Crippen molar-refractivity contribution in [3.63, 3.8) is 0 Å². The second-order valence-electron chi connectivity index (χ2n) is 8.75. The Hall–Kier alpha value is -2.70. The monoisotopic (exact) mass is 411 g/mol. The van der Waals surface area contributed by atoms with E-state index >= 15 is 0 Å². The van der Waals surface area contributed by atoms with Crippen LogP contribution in [0.25, 0.3) is 10.9 Å². The van der Waals surface area contributed by atoms with Crippen molar-refractivity contribution >= 4 is 22.8 Å². The van der Waals surface area contributed by atoms with Crippen LogP contribution in [0.1, 0.15) is 62.6 Å². The van der Waals surface area contributed by atoms with Gasteiger partial charge in [-0.15, -0.1) is 0 Å². The molecule has 7 nitrogen and oxygen atoms in total. The average Bonchev–Trinajstić information content (AvgIpc) is 3.19. The standard InChI is InChI=1S/C23H29N3O4/c1-13-6-4-7-18(14(13)2)25-21(27)15(3)30-23(29)16-9-10-17-19(12-16)24-20-8-5-11-26(20)22(17)28/h9-10,12-15,18H,4-8,11H2,1-3H3,(H,25,27)/t13-,14+,15+,18-/m1/s1. The summed E-state index contributed by atoms with van der Waals surface area (Å²) in [5, 5.41) is 3.54. The van der Waals surface area contributed by atoms with E-state index in [0.717, 1.165) is 31.5 Å². The number of nitrogens with one attached hydrogen (secondary N) is 1. The minimum Gasteiger partial charge on any atom is -0.449 e. The van der Waals surface area contributed by atoms with Crippen LogP contribution in [0.4, 0.5) is 0 Å². The van der Waals surface area contributed by atoms with Gasteiger partial charge in [0.25, 0.3) is 11.5 Å². The Kier molecular flexibility index (Phi) is 5.62. The lowest BCUT2D eigenvalue weighted by Gasteiger charge is -2.35. The highest BCUT2D eigenvalue weighted by Crippen LogP contribution is 2.29. The van der Waals surface area contributed by atoms with E-state index < -0.39 is 12.1 Å². The zero-order valence-corrected chi connectivity index (χ0v) is 17.8. The number of rotatable bonds is 4. The Labute approximate surface area is 175 Å². The lowest BCUT2D eigenvalue weighted by molar-refractivity contribution is -0.130. The van der Waals surface area contributed by atoms with Gasteiger partial charge >= 0.3 is 5.97 Å². The van der Waals surface area contributed by atoms with Gasteiger partial charge in [0.15, 0.2) is 6.10 Å². The molecule has 0 spiro atoms. The third-order valence-corrected chi connectivity index (χ3v) is 6.74. The zero-order valence-electron chi connectivity index (χ0n) is 17.8. The fraction of sp³-hybridized carbons (Fsp3) is 0.565. The highest BCUT2D eigenvalue weighted by Gasteiger charge is 2.30. The molecule has 0 radical (unpaired) electrons. The van der Waals surface area contributed by atoms with Crippen molar-refractivity contribution in [2.45, 2.75) is 71.6 Å². The van der Waals surface area contributed by atoms with Crippen molar-refractivity contribution in [3.05, 3.63) is 39.9 Å². The van der Waals surface area contributed by atoms with Crippen LogP contribution >= 0.6 is 0 Å². The van der Waals surface area contributed by atoms with Gasteiger partial charge in [-0.3, -0.25) is 14.2 Å². The summed E-state index contributed by atoms with van der Waals surface area (Å²) in [6.45, 7) is 6.64. The fourth-order valence-corrected chi connectivity index (χ4v) is 4.58. The summed E-state index contributed by atoms with van der Waals surface area (Å²) >= 11 is 0. The summed E-state index contributed by atoms with van der Waals surface area (Å²) in [6, 6.07) is 4.86. The minimum absolute atomic E-state index is 0.0732. The number of ether oxygens (including phenoxy) is 1. The molecule has 160 valence electrons. The maximum Gasteiger partial charge on any atom is 0.338 e. The number of esters is 1. The Balaban J connectivity index is 1.45. The number of benzene rings is 1. The summed E-state index contributed by atoms with van der Waals surface area (Å²) in [5.41, 5.74) is 0.706. The number of amides is 1. The van der Waals surface area contributed by atoms with Gasteiger partial charge in [0.2, 0.25) is 0 Å². The summed E-state index contributed by atoms with van der Waals surface area (Å²) in [6.07, 6.45) is 4.00. The second-order valence-corrected chi connectivity index (χ2v) is 8.75. The topological polar surface area (TPSA) is 90.3 Å². The molecular formula is C23H29N3O4. The summed E-state index contributed by atoms with van der Waals surface area (Å²) < 4.78 is 7.11. The molecule has 1 N–H and O–H groups in total. The van der Waals surface area contributed by atoms with Crippen molar-refractivity contribution in [1.29, 1.82) is 0 Å². The SMILES string of the molecule is C[C@H]1[C@H](C)CCC[C@H]1NC(=O)[C@H](C)OC(=O)c1ccc2c(=O)n3c(nc2c1)CCC3. The smallest absolute Gasteiger partial charge is 0.338 e. The van der Waals surface area contributed by atoms with Crippen LogP contribution in [0.3, 0.4) is 0 Å². The van der Waals surface area contributed by atoms with Crippen LogP contribution in [0.15, 0.2) is 23.0 Å². The van der Waals surface area contributed by atoms with E-state index in [1.54, 1.807) is 29.7 Å². The van der Waals surface area contributed by atoms with Gasteiger partial charge in [-0.25, -0.2) is 9.78 Å². The normalized spacial score (nSPS) is 24.3. The van der Waals surface area contributed by atoms with E-state index in [1.807, 2.05) is 0 Å². The quantitative estimate of drug-likeness (QED) is 0.782. The average molecular weight is 412 g/mol. The Morgan fingerprint density at radius 3 is 2.83 bits per heavy atom. The number of hydrogen-bond donors (Lipinski definition) is 1. The highest BCUT2D eigenvalue weighted by molar-refractivity contribution is 5.95. The van der Waals surface area contributed by atoms with Crippen molar-refractivity contribution in [2.24, 2.45) is 11.8 Å². The molecule has 4 rings (SSSR count). The molecule has 0 unspecified atom stereocenters. The molecule has 1 aromatic carbocycles. The highest BCUT2D eigenvalue weighted by atomic mass is 16.5. The Morgan fingerprint density at radius 1 is 1.23 bits per heavy atom. The van der Waals surface area contributed by atoms with Gasteiger partial charge < -0.3 is 10.1 Å². The van der Waals surface area contributed by atoms with Gasteiger partial charge in [-0.2, -0.15) is 0 Å².